The lowest BCUT2D eigenvalue weighted by molar-refractivity contribution is 0.0748. The number of anilines is 1. The third-order valence-corrected chi connectivity index (χ3v) is 6.00. The summed E-state index contributed by atoms with van der Waals surface area (Å²) in [6, 6.07) is 15.3. The average molecular weight is 481 g/mol. The predicted molar refractivity (Wildman–Crippen MR) is 131 cm³/mol. The lowest BCUT2D eigenvalue weighted by Gasteiger charge is -2.20. The first-order valence-corrected chi connectivity index (χ1v) is 11.9. The molecule has 1 aromatic heterocycles. The van der Waals surface area contributed by atoms with Crippen molar-refractivity contribution in [1.29, 1.82) is 5.41 Å². The molecule has 168 valence electrons. The number of carbonyl (C=O) groups is 2. The highest BCUT2D eigenvalue weighted by Gasteiger charge is 2.38. The van der Waals surface area contributed by atoms with Crippen LogP contribution in [0.2, 0.25) is 5.02 Å². The number of fused-ring (bicyclic) bond motifs is 1. The number of nitrogens with one attached hydrogen (secondary N) is 2. The van der Waals surface area contributed by atoms with Crippen molar-refractivity contribution in [2.75, 3.05) is 30.7 Å². The molecule has 1 aliphatic rings. The molecule has 0 spiro atoms. The summed E-state index contributed by atoms with van der Waals surface area (Å²) < 4.78 is 5.58. The lowest BCUT2D eigenvalue weighted by Crippen LogP contribution is -2.36. The second-order valence-electron chi connectivity index (χ2n) is 7.16. The molecule has 33 heavy (non-hydrogen) atoms. The van der Waals surface area contributed by atoms with Gasteiger partial charge >= 0.3 is 0 Å². The van der Waals surface area contributed by atoms with Crippen molar-refractivity contribution < 1.29 is 14.3 Å². The topological polar surface area (TPSA) is 95.4 Å². The highest BCUT2D eigenvalue weighted by Crippen LogP contribution is 2.31. The Balaban J connectivity index is 1.70. The molecule has 0 atom stereocenters. The van der Waals surface area contributed by atoms with Crippen LogP contribution in [0, 0.1) is 5.41 Å². The molecule has 2 aromatic carbocycles. The molecule has 0 saturated carbocycles. The lowest BCUT2D eigenvalue weighted by atomic mass is 10.0. The largest absolute Gasteiger partial charge is 0.362 e. The van der Waals surface area contributed by atoms with Crippen molar-refractivity contribution in [3.05, 3.63) is 82.5 Å². The monoisotopic (exact) mass is 480 g/mol. The van der Waals surface area contributed by atoms with Gasteiger partial charge in [0, 0.05) is 28.8 Å². The Morgan fingerprint density at radius 2 is 1.85 bits per heavy atom. The number of aromatic nitrogens is 1. The van der Waals surface area contributed by atoms with E-state index in [4.69, 9.17) is 21.7 Å². The molecule has 1 aliphatic heterocycles. The summed E-state index contributed by atoms with van der Waals surface area (Å²) in [7, 11) is 0. The Morgan fingerprint density at radius 3 is 2.52 bits per heavy atom. The van der Waals surface area contributed by atoms with Gasteiger partial charge < -0.3 is 10.1 Å². The third kappa shape index (κ3) is 4.64. The summed E-state index contributed by atoms with van der Waals surface area (Å²) in [5.74, 6) is -0.425. The van der Waals surface area contributed by atoms with Crippen LogP contribution in [0.4, 0.5) is 5.69 Å². The van der Waals surface area contributed by atoms with Gasteiger partial charge in [0.05, 0.1) is 28.5 Å². The van der Waals surface area contributed by atoms with Crippen LogP contribution in [0.1, 0.15) is 26.3 Å². The number of amidine groups is 1. The fraction of sp³-hybridized carbons (Fsp3) is 0.167. The van der Waals surface area contributed by atoms with Crippen LogP contribution >= 0.6 is 23.4 Å². The zero-order valence-corrected chi connectivity index (χ0v) is 19.4. The van der Waals surface area contributed by atoms with Crippen LogP contribution in [0.5, 0.6) is 0 Å². The van der Waals surface area contributed by atoms with Crippen LogP contribution in [0.25, 0.3) is 11.3 Å². The van der Waals surface area contributed by atoms with Crippen LogP contribution in [0.15, 0.2) is 60.8 Å². The van der Waals surface area contributed by atoms with E-state index in [0.29, 0.717) is 34.1 Å². The summed E-state index contributed by atoms with van der Waals surface area (Å²) in [6.07, 6.45) is 3.63. The number of benzene rings is 2. The number of amides is 2. The minimum atomic E-state index is -0.524. The molecule has 0 bridgehead atoms. The van der Waals surface area contributed by atoms with Crippen molar-refractivity contribution in [3.63, 3.8) is 0 Å². The van der Waals surface area contributed by atoms with E-state index >= 15 is 0 Å². The predicted octanol–water partition coefficient (Wildman–Crippen LogP) is 4.77. The molecule has 0 saturated heterocycles. The molecule has 0 unspecified atom stereocenters. The van der Waals surface area contributed by atoms with E-state index in [1.807, 2.05) is 12.3 Å². The standard InChI is InChI=1S/C24H21ClN4O3S/c1-33-12-11-32-14-28-20-9-8-15(21-19(25)7-4-10-27-21)13-18(20)22(26)29-23(30)16-5-2-3-6-17(16)24(29)31/h2-10,13,26,28H,11-12,14H2,1H3. The minimum absolute atomic E-state index is 0.215. The number of rotatable bonds is 8. The maximum Gasteiger partial charge on any atom is 0.267 e. The van der Waals surface area contributed by atoms with Gasteiger partial charge in [0.15, 0.2) is 0 Å². The fourth-order valence-electron chi connectivity index (χ4n) is 3.50. The molecule has 0 aliphatic carbocycles. The first-order chi connectivity index (χ1) is 16.0. The first kappa shape index (κ1) is 23.0. The van der Waals surface area contributed by atoms with Gasteiger partial charge in [-0.05, 0) is 42.7 Å². The van der Waals surface area contributed by atoms with Gasteiger partial charge in [-0.2, -0.15) is 11.8 Å². The van der Waals surface area contributed by atoms with E-state index in [0.717, 1.165) is 10.7 Å². The Kier molecular flexibility index (Phi) is 7.08. The van der Waals surface area contributed by atoms with Crippen molar-refractivity contribution >= 4 is 46.7 Å². The summed E-state index contributed by atoms with van der Waals surface area (Å²) in [4.78, 5) is 31.1. The summed E-state index contributed by atoms with van der Waals surface area (Å²) in [5.41, 5.74) is 2.68. The van der Waals surface area contributed by atoms with Crippen LogP contribution < -0.4 is 5.32 Å². The molecule has 9 heteroatoms. The number of hydrogen-bond donors (Lipinski definition) is 2. The zero-order valence-electron chi connectivity index (χ0n) is 17.8. The second-order valence-corrected chi connectivity index (χ2v) is 8.55. The summed E-state index contributed by atoms with van der Waals surface area (Å²) in [5, 5.41) is 12.4. The van der Waals surface area contributed by atoms with Gasteiger partial charge in [-0.15, -0.1) is 0 Å². The number of pyridine rings is 1. The van der Waals surface area contributed by atoms with Crippen molar-refractivity contribution in [3.8, 4) is 11.3 Å². The van der Waals surface area contributed by atoms with E-state index in [-0.39, 0.29) is 23.7 Å². The molecule has 7 nitrogen and oxygen atoms in total. The van der Waals surface area contributed by atoms with Gasteiger partial charge in [0.25, 0.3) is 11.8 Å². The van der Waals surface area contributed by atoms with Gasteiger partial charge in [0.2, 0.25) is 0 Å². The average Bonchev–Trinajstić information content (AvgIpc) is 3.09. The number of nitrogens with zero attached hydrogens (tertiary/aromatic N) is 2. The molecule has 2 heterocycles. The maximum absolute atomic E-state index is 13.0. The Labute approximate surface area is 200 Å². The molecule has 0 fully saturated rings. The Hall–Kier alpha value is -3.20. The number of imide groups is 1. The molecule has 2 amide bonds. The zero-order chi connectivity index (χ0) is 23.4. The van der Waals surface area contributed by atoms with E-state index in [1.165, 1.54) is 0 Å². The first-order valence-electron chi connectivity index (χ1n) is 10.1. The smallest absolute Gasteiger partial charge is 0.267 e. The molecule has 3 aromatic rings. The summed E-state index contributed by atoms with van der Waals surface area (Å²) in [6.45, 7) is 0.785. The van der Waals surface area contributed by atoms with E-state index in [9.17, 15) is 9.59 Å². The van der Waals surface area contributed by atoms with E-state index in [2.05, 4.69) is 10.3 Å². The Bertz CT molecular complexity index is 1200. The molecule has 0 radical (unpaired) electrons. The Morgan fingerprint density at radius 1 is 1.12 bits per heavy atom. The molecular formula is C24H21ClN4O3S. The maximum atomic E-state index is 13.0. The fourth-order valence-corrected chi connectivity index (χ4v) is 4.01. The molecular weight excluding hydrogens is 460 g/mol. The van der Waals surface area contributed by atoms with E-state index in [1.54, 1.807) is 66.5 Å². The van der Waals surface area contributed by atoms with Gasteiger partial charge in [0.1, 0.15) is 12.6 Å². The van der Waals surface area contributed by atoms with Crippen molar-refractivity contribution in [1.82, 2.24) is 9.88 Å². The van der Waals surface area contributed by atoms with Gasteiger partial charge in [-0.25, -0.2) is 4.90 Å². The number of halogens is 1. The number of thioether (sulfide) groups is 1. The second kappa shape index (κ2) is 10.2. The SMILES string of the molecule is CSCCOCNc1ccc(-c2ncccc2Cl)cc1C(=N)N1C(=O)c2ccccc2C1=O. The van der Waals surface area contributed by atoms with Crippen LogP contribution in [-0.4, -0.2) is 52.9 Å². The number of hydrogen-bond acceptors (Lipinski definition) is 7. The van der Waals surface area contributed by atoms with Crippen LogP contribution in [0.3, 0.4) is 0 Å². The number of ether oxygens (including phenoxy) is 1. The van der Waals surface area contributed by atoms with Gasteiger partial charge in [-0.3, -0.25) is 20.0 Å². The number of carbonyl (C=O) groups excluding carboxylic acids is 2. The van der Waals surface area contributed by atoms with Crippen LogP contribution in [-0.2, 0) is 4.74 Å². The normalized spacial score (nSPS) is 12.7. The van der Waals surface area contributed by atoms with E-state index < -0.39 is 11.8 Å². The molecule has 2 N–H and O–H groups in total. The third-order valence-electron chi connectivity index (χ3n) is 5.12. The molecule has 4 rings (SSSR count). The highest BCUT2D eigenvalue weighted by molar-refractivity contribution is 7.98. The quantitative estimate of drug-likeness (QED) is 0.158. The van der Waals surface area contributed by atoms with Crippen molar-refractivity contribution in [2.45, 2.75) is 0 Å². The van der Waals surface area contributed by atoms with Crippen molar-refractivity contribution in [2.24, 2.45) is 0 Å². The van der Waals surface area contributed by atoms with Gasteiger partial charge in [-0.1, -0.05) is 29.8 Å². The highest BCUT2D eigenvalue weighted by atomic mass is 35.5. The summed E-state index contributed by atoms with van der Waals surface area (Å²) >= 11 is 8.00. The minimum Gasteiger partial charge on any atom is -0.362 e.